The van der Waals surface area contributed by atoms with Crippen LogP contribution in [0.1, 0.15) is 45.3 Å². The van der Waals surface area contributed by atoms with Crippen LogP contribution in [-0.2, 0) is 12.0 Å². The minimum atomic E-state index is -0.00943. The third-order valence-corrected chi connectivity index (χ3v) is 4.64. The van der Waals surface area contributed by atoms with Gasteiger partial charge in [-0.1, -0.05) is 20.8 Å². The van der Waals surface area contributed by atoms with Crippen molar-refractivity contribution in [2.75, 3.05) is 18.6 Å². The Morgan fingerprint density at radius 1 is 1.52 bits per heavy atom. The van der Waals surface area contributed by atoms with Gasteiger partial charge in [0.25, 0.3) is 0 Å². The van der Waals surface area contributed by atoms with Crippen LogP contribution in [-0.4, -0.2) is 35.5 Å². The average Bonchev–Trinajstić information content (AvgIpc) is 2.93. The highest BCUT2D eigenvalue weighted by molar-refractivity contribution is 7.99. The summed E-state index contributed by atoms with van der Waals surface area (Å²) < 4.78 is 5.77. The smallest absolute Gasteiger partial charge is 0.213 e. The minimum absolute atomic E-state index is 0.00943. The van der Waals surface area contributed by atoms with Crippen LogP contribution in [0.4, 0.5) is 0 Å². The summed E-state index contributed by atoms with van der Waals surface area (Å²) >= 11 is 2.00. The molecule has 0 saturated carbocycles. The van der Waals surface area contributed by atoms with Gasteiger partial charge < -0.3 is 15.1 Å². The van der Waals surface area contributed by atoms with Crippen molar-refractivity contribution in [2.24, 2.45) is 4.99 Å². The summed E-state index contributed by atoms with van der Waals surface area (Å²) in [5.74, 6) is 4.84. The maximum absolute atomic E-state index is 5.77. The summed E-state index contributed by atoms with van der Waals surface area (Å²) in [6.07, 6.45) is 4.29. The zero-order valence-corrected chi connectivity index (χ0v) is 14.2. The molecule has 0 aliphatic carbocycles. The lowest BCUT2D eigenvalue weighted by molar-refractivity contribution is 0.379. The van der Waals surface area contributed by atoms with E-state index in [-0.39, 0.29) is 5.41 Å². The largest absolute Gasteiger partial charge is 0.443 e. The molecule has 6 heteroatoms. The van der Waals surface area contributed by atoms with Crippen molar-refractivity contribution < 1.29 is 4.42 Å². The molecule has 0 spiro atoms. The lowest BCUT2D eigenvalue weighted by atomic mass is 9.94. The van der Waals surface area contributed by atoms with Gasteiger partial charge in [0.15, 0.2) is 5.96 Å². The lowest BCUT2D eigenvalue weighted by Gasteiger charge is -2.24. The van der Waals surface area contributed by atoms with E-state index < -0.39 is 0 Å². The number of nitrogens with one attached hydrogen (secondary N) is 2. The predicted octanol–water partition coefficient (Wildman–Crippen LogP) is 2.53. The van der Waals surface area contributed by atoms with Crippen molar-refractivity contribution >= 4 is 17.7 Å². The van der Waals surface area contributed by atoms with E-state index >= 15 is 0 Å². The van der Waals surface area contributed by atoms with Crippen LogP contribution >= 0.6 is 11.8 Å². The monoisotopic (exact) mass is 310 g/mol. The first-order valence-corrected chi connectivity index (χ1v) is 8.64. The van der Waals surface area contributed by atoms with Crippen molar-refractivity contribution in [1.82, 2.24) is 15.6 Å². The molecule has 2 N–H and O–H groups in total. The second kappa shape index (κ2) is 7.20. The Hall–Kier alpha value is -1.17. The van der Waals surface area contributed by atoms with Crippen molar-refractivity contribution in [1.29, 1.82) is 0 Å². The highest BCUT2D eigenvalue weighted by atomic mass is 32.2. The third kappa shape index (κ3) is 4.95. The van der Waals surface area contributed by atoms with E-state index in [2.05, 4.69) is 41.4 Å². The topological polar surface area (TPSA) is 62.5 Å². The number of oxazole rings is 1. The number of aliphatic imine (C=N–C) groups is 1. The predicted molar refractivity (Wildman–Crippen MR) is 88.9 cm³/mol. The summed E-state index contributed by atoms with van der Waals surface area (Å²) in [5, 5.41) is 6.73. The fraction of sp³-hybridized carbons (Fsp3) is 0.733. The molecule has 21 heavy (non-hydrogen) atoms. The van der Waals surface area contributed by atoms with Gasteiger partial charge in [-0.25, -0.2) is 4.98 Å². The van der Waals surface area contributed by atoms with E-state index in [0.717, 1.165) is 17.5 Å². The molecule has 1 saturated heterocycles. The molecule has 1 aliphatic rings. The Bertz CT molecular complexity index is 472. The first-order valence-electron chi connectivity index (χ1n) is 7.49. The van der Waals surface area contributed by atoms with E-state index in [9.17, 15) is 0 Å². The van der Waals surface area contributed by atoms with Crippen LogP contribution < -0.4 is 10.6 Å². The highest BCUT2D eigenvalue weighted by Gasteiger charge is 2.19. The molecule has 0 amide bonds. The van der Waals surface area contributed by atoms with Crippen molar-refractivity contribution in [2.45, 2.75) is 51.6 Å². The summed E-state index contributed by atoms with van der Waals surface area (Å²) in [4.78, 5) is 8.59. The molecular formula is C15H26N4OS. The summed E-state index contributed by atoms with van der Waals surface area (Å²) in [6, 6.07) is 0.504. The zero-order valence-electron chi connectivity index (χ0n) is 13.4. The molecule has 1 aromatic heterocycles. The van der Waals surface area contributed by atoms with E-state index in [4.69, 9.17) is 4.42 Å². The number of aromatic nitrogens is 1. The quantitative estimate of drug-likeness (QED) is 0.663. The zero-order chi connectivity index (χ0) is 15.3. The maximum Gasteiger partial charge on any atom is 0.213 e. The molecule has 1 unspecified atom stereocenters. The fourth-order valence-electron chi connectivity index (χ4n) is 2.14. The molecule has 118 valence electrons. The normalized spacial score (nSPS) is 20.4. The number of thioether (sulfide) groups is 1. The Labute approximate surface area is 131 Å². The number of nitrogens with zero attached hydrogens (tertiary/aromatic N) is 2. The van der Waals surface area contributed by atoms with Crippen LogP contribution in [0.25, 0.3) is 0 Å². The number of hydrogen-bond acceptors (Lipinski definition) is 4. The van der Waals surface area contributed by atoms with Crippen LogP contribution in [0.15, 0.2) is 15.6 Å². The van der Waals surface area contributed by atoms with E-state index in [1.165, 1.54) is 18.6 Å². The molecule has 1 aromatic rings. The first-order chi connectivity index (χ1) is 9.99. The van der Waals surface area contributed by atoms with Crippen molar-refractivity contribution in [3.8, 4) is 0 Å². The average molecular weight is 310 g/mol. The Morgan fingerprint density at radius 3 is 2.90 bits per heavy atom. The molecule has 5 nitrogen and oxygen atoms in total. The van der Waals surface area contributed by atoms with Gasteiger partial charge in [0.05, 0.1) is 12.7 Å². The first kappa shape index (κ1) is 16.2. The van der Waals surface area contributed by atoms with Gasteiger partial charge in [0.1, 0.15) is 5.76 Å². The molecule has 0 radical (unpaired) electrons. The van der Waals surface area contributed by atoms with Gasteiger partial charge in [-0.3, -0.25) is 4.99 Å². The number of hydrogen-bond donors (Lipinski definition) is 2. The second-order valence-electron chi connectivity index (χ2n) is 6.35. The Kier molecular flexibility index (Phi) is 5.56. The second-order valence-corrected chi connectivity index (χ2v) is 7.50. The maximum atomic E-state index is 5.77. The van der Waals surface area contributed by atoms with Gasteiger partial charge in [0.2, 0.25) is 5.89 Å². The molecule has 1 fully saturated rings. The van der Waals surface area contributed by atoms with Crippen LogP contribution in [0, 0.1) is 0 Å². The molecule has 0 bridgehead atoms. The van der Waals surface area contributed by atoms with Crippen molar-refractivity contribution in [3.63, 3.8) is 0 Å². The summed E-state index contributed by atoms with van der Waals surface area (Å²) in [5.41, 5.74) is -0.00943. The Morgan fingerprint density at radius 2 is 2.33 bits per heavy atom. The van der Waals surface area contributed by atoms with Crippen molar-refractivity contribution in [3.05, 3.63) is 17.8 Å². The molecular weight excluding hydrogens is 284 g/mol. The molecule has 2 rings (SSSR count). The van der Waals surface area contributed by atoms with Crippen LogP contribution in [0.2, 0.25) is 0 Å². The fourth-order valence-corrected chi connectivity index (χ4v) is 3.21. The van der Waals surface area contributed by atoms with Gasteiger partial charge >= 0.3 is 0 Å². The van der Waals surface area contributed by atoms with Crippen LogP contribution in [0.5, 0.6) is 0 Å². The molecule has 0 aromatic carbocycles. The van der Waals surface area contributed by atoms with Gasteiger partial charge in [-0.15, -0.1) is 0 Å². The Balaban J connectivity index is 1.84. The molecule has 1 atom stereocenters. The summed E-state index contributed by atoms with van der Waals surface area (Å²) in [6.45, 7) is 6.90. The SMILES string of the molecule is CN=C(NCc1ncc(C(C)(C)C)o1)NC1CCCSC1. The van der Waals surface area contributed by atoms with Gasteiger partial charge in [-0.05, 0) is 18.6 Å². The number of rotatable bonds is 3. The van der Waals surface area contributed by atoms with E-state index in [0.29, 0.717) is 18.5 Å². The van der Waals surface area contributed by atoms with E-state index in [1.54, 1.807) is 7.05 Å². The van der Waals surface area contributed by atoms with Gasteiger partial charge in [0, 0.05) is 24.3 Å². The van der Waals surface area contributed by atoms with E-state index in [1.807, 2.05) is 18.0 Å². The molecule has 1 aliphatic heterocycles. The highest BCUT2D eigenvalue weighted by Crippen LogP contribution is 2.22. The minimum Gasteiger partial charge on any atom is -0.443 e. The lowest BCUT2D eigenvalue weighted by Crippen LogP contribution is -2.45. The summed E-state index contributed by atoms with van der Waals surface area (Å²) in [7, 11) is 1.79. The third-order valence-electron chi connectivity index (χ3n) is 3.42. The number of guanidine groups is 1. The standard InChI is InChI=1S/C15H26N4OS/c1-15(2,3)12-8-17-13(20-12)9-18-14(16-4)19-11-6-5-7-21-10-11/h8,11H,5-7,9-10H2,1-4H3,(H2,16,18,19). The molecule has 2 heterocycles. The van der Waals surface area contributed by atoms with Crippen LogP contribution in [0.3, 0.4) is 0 Å². The van der Waals surface area contributed by atoms with Gasteiger partial charge in [-0.2, -0.15) is 11.8 Å².